The van der Waals surface area contributed by atoms with Crippen LogP contribution in [-0.2, 0) is 6.54 Å². The van der Waals surface area contributed by atoms with Crippen LogP contribution in [0, 0.1) is 18.3 Å². The quantitative estimate of drug-likeness (QED) is 0.915. The molecule has 0 aliphatic heterocycles. The first-order chi connectivity index (χ1) is 8.72. The first-order valence-electron chi connectivity index (χ1n) is 5.54. The van der Waals surface area contributed by atoms with Crippen LogP contribution in [0.4, 0.5) is 5.69 Å². The first kappa shape index (κ1) is 12.4. The number of nitrogens with zero attached hydrogens (tertiary/aromatic N) is 2. The predicted molar refractivity (Wildman–Crippen MR) is 72.5 cm³/mol. The molecule has 90 valence electrons. The molecule has 1 heterocycles. The van der Waals surface area contributed by atoms with Crippen molar-refractivity contribution in [1.29, 1.82) is 5.26 Å². The average Bonchev–Trinajstić information content (AvgIpc) is 2.38. The molecule has 0 amide bonds. The van der Waals surface area contributed by atoms with Gasteiger partial charge in [0.2, 0.25) is 0 Å². The number of pyridine rings is 1. The van der Waals surface area contributed by atoms with Gasteiger partial charge >= 0.3 is 0 Å². The number of hydrogen-bond acceptors (Lipinski definition) is 3. The fourth-order valence-electron chi connectivity index (χ4n) is 1.70. The SMILES string of the molecule is Cc1cccc(NCc2ccncc2Cl)c1C#N. The van der Waals surface area contributed by atoms with Crippen LogP contribution in [0.5, 0.6) is 0 Å². The van der Waals surface area contributed by atoms with Gasteiger partial charge in [-0.2, -0.15) is 5.26 Å². The maximum Gasteiger partial charge on any atom is 0.102 e. The molecule has 4 heteroatoms. The van der Waals surface area contributed by atoms with Crippen molar-refractivity contribution in [2.24, 2.45) is 0 Å². The van der Waals surface area contributed by atoms with Gasteiger partial charge in [0.15, 0.2) is 0 Å². The van der Waals surface area contributed by atoms with Crippen LogP contribution < -0.4 is 5.32 Å². The lowest BCUT2D eigenvalue weighted by atomic mass is 10.1. The standard InChI is InChI=1S/C14H12ClN3/c1-10-3-2-4-14(12(10)7-16)18-8-11-5-6-17-9-13(11)15/h2-6,9,18H,8H2,1H3. The van der Waals surface area contributed by atoms with Crippen molar-refractivity contribution in [3.05, 3.63) is 58.4 Å². The molecule has 2 aromatic rings. The monoisotopic (exact) mass is 257 g/mol. The predicted octanol–water partition coefficient (Wildman–Crippen LogP) is 3.53. The van der Waals surface area contributed by atoms with Crippen molar-refractivity contribution in [1.82, 2.24) is 4.98 Å². The summed E-state index contributed by atoms with van der Waals surface area (Å²) >= 11 is 6.03. The molecule has 0 radical (unpaired) electrons. The largest absolute Gasteiger partial charge is 0.380 e. The van der Waals surface area contributed by atoms with E-state index in [0.717, 1.165) is 16.8 Å². The van der Waals surface area contributed by atoms with Gasteiger partial charge in [-0.15, -0.1) is 0 Å². The zero-order chi connectivity index (χ0) is 13.0. The lowest BCUT2D eigenvalue weighted by molar-refractivity contribution is 1.12. The molecule has 0 spiro atoms. The number of aryl methyl sites for hydroxylation is 1. The highest BCUT2D eigenvalue weighted by molar-refractivity contribution is 6.31. The third-order valence-electron chi connectivity index (χ3n) is 2.71. The number of hydrogen-bond donors (Lipinski definition) is 1. The summed E-state index contributed by atoms with van der Waals surface area (Å²) in [6.45, 7) is 2.49. The molecule has 0 aliphatic carbocycles. The number of nitrogens with one attached hydrogen (secondary N) is 1. The lowest BCUT2D eigenvalue weighted by Gasteiger charge is -2.10. The van der Waals surface area contributed by atoms with E-state index in [2.05, 4.69) is 16.4 Å². The average molecular weight is 258 g/mol. The van der Waals surface area contributed by atoms with Gasteiger partial charge in [0.1, 0.15) is 6.07 Å². The Morgan fingerprint density at radius 3 is 2.94 bits per heavy atom. The Kier molecular flexibility index (Phi) is 3.81. The minimum atomic E-state index is 0.569. The summed E-state index contributed by atoms with van der Waals surface area (Å²) in [6, 6.07) is 9.80. The van der Waals surface area contributed by atoms with Crippen LogP contribution in [0.2, 0.25) is 5.02 Å². The van der Waals surface area contributed by atoms with Gasteiger partial charge in [-0.1, -0.05) is 23.7 Å². The Bertz CT molecular complexity index is 602. The van der Waals surface area contributed by atoms with Gasteiger partial charge in [-0.3, -0.25) is 4.98 Å². The van der Waals surface area contributed by atoms with Gasteiger partial charge in [-0.05, 0) is 30.2 Å². The molecule has 0 unspecified atom stereocenters. The number of halogens is 1. The Morgan fingerprint density at radius 1 is 1.39 bits per heavy atom. The summed E-state index contributed by atoms with van der Waals surface area (Å²) < 4.78 is 0. The zero-order valence-electron chi connectivity index (χ0n) is 9.94. The molecule has 3 nitrogen and oxygen atoms in total. The van der Waals surface area contributed by atoms with Crippen molar-refractivity contribution < 1.29 is 0 Å². The number of rotatable bonds is 3. The van der Waals surface area contributed by atoms with E-state index in [1.165, 1.54) is 0 Å². The molecule has 0 fully saturated rings. The topological polar surface area (TPSA) is 48.7 Å². The van der Waals surface area contributed by atoms with Gasteiger partial charge in [0.25, 0.3) is 0 Å². The van der Waals surface area contributed by atoms with Crippen molar-refractivity contribution in [3.63, 3.8) is 0 Å². The Morgan fingerprint density at radius 2 is 2.22 bits per heavy atom. The van der Waals surface area contributed by atoms with Crippen LogP contribution >= 0.6 is 11.6 Å². The van der Waals surface area contributed by atoms with E-state index in [0.29, 0.717) is 17.1 Å². The maximum absolute atomic E-state index is 9.12. The molecule has 0 bridgehead atoms. The third-order valence-corrected chi connectivity index (χ3v) is 3.05. The lowest BCUT2D eigenvalue weighted by Crippen LogP contribution is -2.02. The summed E-state index contributed by atoms with van der Waals surface area (Å²) in [6.07, 6.45) is 3.31. The first-order valence-corrected chi connectivity index (χ1v) is 5.92. The molecule has 1 aromatic heterocycles. The second-order valence-corrected chi connectivity index (χ2v) is 4.34. The molecule has 0 saturated heterocycles. The van der Waals surface area contributed by atoms with Gasteiger partial charge in [-0.25, -0.2) is 0 Å². The molecule has 1 N–H and O–H groups in total. The molecule has 2 rings (SSSR count). The minimum absolute atomic E-state index is 0.569. The molecule has 1 aromatic carbocycles. The maximum atomic E-state index is 9.12. The van der Waals surface area contributed by atoms with Crippen molar-refractivity contribution in [2.45, 2.75) is 13.5 Å². The van der Waals surface area contributed by atoms with Crippen molar-refractivity contribution >= 4 is 17.3 Å². The molecule has 18 heavy (non-hydrogen) atoms. The van der Waals surface area contributed by atoms with E-state index in [1.807, 2.05) is 31.2 Å². The van der Waals surface area contributed by atoms with E-state index in [4.69, 9.17) is 16.9 Å². The number of anilines is 1. The highest BCUT2D eigenvalue weighted by Crippen LogP contribution is 2.20. The van der Waals surface area contributed by atoms with E-state index < -0.39 is 0 Å². The fraction of sp³-hybridized carbons (Fsp3) is 0.143. The second kappa shape index (κ2) is 5.52. The van der Waals surface area contributed by atoms with E-state index >= 15 is 0 Å². The van der Waals surface area contributed by atoms with Gasteiger partial charge in [0.05, 0.1) is 16.3 Å². The highest BCUT2D eigenvalue weighted by atomic mass is 35.5. The summed E-state index contributed by atoms with van der Waals surface area (Å²) in [4.78, 5) is 3.94. The van der Waals surface area contributed by atoms with Crippen LogP contribution in [0.25, 0.3) is 0 Å². The number of aromatic nitrogens is 1. The molecule has 0 atom stereocenters. The van der Waals surface area contributed by atoms with Crippen LogP contribution in [0.15, 0.2) is 36.7 Å². The molecular weight excluding hydrogens is 246 g/mol. The van der Waals surface area contributed by atoms with Crippen molar-refractivity contribution in [2.75, 3.05) is 5.32 Å². The second-order valence-electron chi connectivity index (χ2n) is 3.93. The number of nitriles is 1. The fourth-order valence-corrected chi connectivity index (χ4v) is 1.89. The normalized spacial score (nSPS) is 9.83. The summed E-state index contributed by atoms with van der Waals surface area (Å²) in [5.41, 5.74) is 3.41. The summed E-state index contributed by atoms with van der Waals surface area (Å²) in [7, 11) is 0. The highest BCUT2D eigenvalue weighted by Gasteiger charge is 2.05. The molecule has 0 saturated carbocycles. The van der Waals surface area contributed by atoms with E-state index in [9.17, 15) is 0 Å². The van der Waals surface area contributed by atoms with Crippen LogP contribution in [0.3, 0.4) is 0 Å². The zero-order valence-corrected chi connectivity index (χ0v) is 10.7. The van der Waals surface area contributed by atoms with Crippen LogP contribution in [-0.4, -0.2) is 4.98 Å². The van der Waals surface area contributed by atoms with E-state index in [1.54, 1.807) is 12.4 Å². The summed E-state index contributed by atoms with van der Waals surface area (Å²) in [5.74, 6) is 0. The van der Waals surface area contributed by atoms with Crippen LogP contribution in [0.1, 0.15) is 16.7 Å². The van der Waals surface area contributed by atoms with Crippen molar-refractivity contribution in [3.8, 4) is 6.07 Å². The Balaban J connectivity index is 2.19. The van der Waals surface area contributed by atoms with Gasteiger partial charge < -0.3 is 5.32 Å². The minimum Gasteiger partial charge on any atom is -0.380 e. The smallest absolute Gasteiger partial charge is 0.102 e. The number of benzene rings is 1. The Hall–Kier alpha value is -2.05. The van der Waals surface area contributed by atoms with E-state index in [-0.39, 0.29) is 0 Å². The third kappa shape index (κ3) is 2.61. The molecule has 0 aliphatic rings. The molecular formula is C14H12ClN3. The Labute approximate surface area is 111 Å². The summed E-state index contributed by atoms with van der Waals surface area (Å²) in [5, 5.41) is 13.0. The van der Waals surface area contributed by atoms with Gasteiger partial charge in [0, 0.05) is 18.9 Å².